The number of benzene rings is 6. The van der Waals surface area contributed by atoms with E-state index in [0.717, 1.165) is 33.4 Å². The average Bonchev–Trinajstić information content (AvgIpc) is 0.768. The molecule has 0 aliphatic heterocycles. The number of esters is 6. The summed E-state index contributed by atoms with van der Waals surface area (Å²) in [5, 5.41) is 14.6. The Bertz CT molecular complexity index is 3580. The minimum atomic E-state index is -0.585. The van der Waals surface area contributed by atoms with E-state index in [0.29, 0.717) is 101 Å². The summed E-state index contributed by atoms with van der Waals surface area (Å²) in [6.07, 6.45) is 0.781. The summed E-state index contributed by atoms with van der Waals surface area (Å²) in [4.78, 5) is 83.0. The molecule has 0 saturated carbocycles. The minimum absolute atomic E-state index is 0.112. The van der Waals surface area contributed by atoms with Crippen molar-refractivity contribution in [2.75, 3.05) is 79.3 Å². The average molecular weight is 1570 g/mol. The Labute approximate surface area is 678 Å². The minimum Gasteiger partial charge on any atom is -0.481 e. The van der Waals surface area contributed by atoms with Gasteiger partial charge in [-0.2, -0.15) is 10.5 Å². The Hall–Kier alpha value is -10.1. The molecule has 20 nitrogen and oxygen atoms in total. The van der Waals surface area contributed by atoms with Crippen LogP contribution in [0.4, 0.5) is 0 Å². The van der Waals surface area contributed by atoms with Gasteiger partial charge in [0.25, 0.3) is 0 Å². The molecule has 20 heteroatoms. The number of hydrogen-bond acceptors (Lipinski definition) is 20. The van der Waals surface area contributed by atoms with Crippen LogP contribution in [-0.2, 0) is 128 Å². The van der Waals surface area contributed by atoms with Gasteiger partial charge in [-0.25, -0.2) is 28.8 Å². The summed E-state index contributed by atoms with van der Waals surface area (Å²) in [5.74, 6) is -1.17. The number of nitriles is 2. The number of nitrogens with zero attached hydrogens (tertiary/aromatic N) is 2. The maximum absolute atomic E-state index is 13.8. The van der Waals surface area contributed by atoms with E-state index < -0.39 is 108 Å². The van der Waals surface area contributed by atoms with Crippen LogP contribution < -0.4 is 28.4 Å². The van der Waals surface area contributed by atoms with Crippen LogP contribution in [-0.4, -0.2) is 115 Å². The molecular formula is C94H126N2O18. The number of carbonyl (C=O) groups is 6. The Kier molecular flexibility index (Phi) is 34.7. The summed E-state index contributed by atoms with van der Waals surface area (Å²) >= 11 is 0. The van der Waals surface area contributed by atoms with Crippen molar-refractivity contribution >= 4 is 35.8 Å². The highest BCUT2D eigenvalue weighted by Crippen LogP contribution is 2.47. The van der Waals surface area contributed by atoms with Crippen molar-refractivity contribution in [1.82, 2.24) is 0 Å². The molecular weight excluding hydrogens is 1450 g/mol. The Morgan fingerprint density at radius 2 is 0.342 bits per heavy atom. The summed E-state index contributed by atoms with van der Waals surface area (Å²) in [6.45, 7) is 49.6. The third-order valence-corrected chi connectivity index (χ3v) is 18.8. The molecule has 114 heavy (non-hydrogen) atoms. The second kappa shape index (κ2) is 41.8. The molecule has 12 bridgehead atoms. The third kappa shape index (κ3) is 27.6. The molecule has 0 aromatic heterocycles. The first-order valence-corrected chi connectivity index (χ1v) is 39.6. The zero-order valence-electron chi connectivity index (χ0n) is 72.9. The quantitative estimate of drug-likeness (QED) is 0.0402. The van der Waals surface area contributed by atoms with Crippen LogP contribution in [0.3, 0.4) is 0 Å². The van der Waals surface area contributed by atoms with Gasteiger partial charge in [-0.1, -0.05) is 197 Å². The Balaban J connectivity index is 0.00000374. The van der Waals surface area contributed by atoms with Gasteiger partial charge in [0.05, 0.1) is 51.8 Å². The van der Waals surface area contributed by atoms with Crippen LogP contribution >= 0.6 is 0 Å². The fourth-order valence-corrected chi connectivity index (χ4v) is 13.0. The van der Waals surface area contributed by atoms with Gasteiger partial charge in [-0.05, 0) is 174 Å². The van der Waals surface area contributed by atoms with Gasteiger partial charge in [0.1, 0.15) is 34.5 Å². The largest absolute Gasteiger partial charge is 0.481 e. The van der Waals surface area contributed by atoms with Crippen molar-refractivity contribution in [3.63, 3.8) is 0 Å². The predicted octanol–water partition coefficient (Wildman–Crippen LogP) is 18.0. The van der Waals surface area contributed by atoms with Crippen LogP contribution in [0.25, 0.3) is 0 Å². The fourth-order valence-electron chi connectivity index (χ4n) is 13.0. The zero-order valence-corrected chi connectivity index (χ0v) is 72.9. The smallest absolute Gasteiger partial charge is 0.344 e. The Morgan fingerprint density at radius 3 is 0.421 bits per heavy atom. The zero-order chi connectivity index (χ0) is 85.4. The number of rotatable bonds is 24. The number of ether oxygens (including phenoxy) is 12. The van der Waals surface area contributed by atoms with Gasteiger partial charge < -0.3 is 56.8 Å². The topological polar surface area (TPSA) is 261 Å². The lowest BCUT2D eigenvalue weighted by molar-refractivity contribution is -0.146. The first kappa shape index (κ1) is 94.5. The van der Waals surface area contributed by atoms with Gasteiger partial charge in [0, 0.05) is 52.4 Å². The summed E-state index contributed by atoms with van der Waals surface area (Å²) < 4.78 is 75.1. The molecule has 0 N–H and O–H groups in total. The molecule has 0 fully saturated rings. The van der Waals surface area contributed by atoms with Crippen molar-refractivity contribution in [2.45, 2.75) is 251 Å². The van der Waals surface area contributed by atoms with Gasteiger partial charge >= 0.3 is 35.8 Å². The second-order valence-electron chi connectivity index (χ2n) is 34.3. The first-order valence-electron chi connectivity index (χ1n) is 39.6. The van der Waals surface area contributed by atoms with Crippen molar-refractivity contribution in [2.24, 2.45) is 0 Å². The standard InChI is InChI=1S/C90H120O18.2C2H3N/c1-25-97-73(91)49-103-79-55-31-57-39-68(86(10,11)12)41-59(80(57)104-50-74(92)98-26-2)33-61-43-70(88(16,17)18)45-63(82(61)106-52-76(94)100-28-4)35-65-47-72(90(22,23)24)48-66(84(65)108-54-78(96)102-30-6)36-64-46-71(89(19,20)21)44-62(83(64)107-53-77(95)101-29-5)34-60-42-69(87(13,14)15)40-58(81(60)105-51-75(93)99-27-3)32-56(79)38-67(37-55)85(7,8)9;2*1-2-3/h37-48H,25-36,49-54H2,1-24H3;2*1H3. The molecule has 620 valence electrons. The van der Waals surface area contributed by atoms with Crippen molar-refractivity contribution in [1.29, 1.82) is 10.5 Å². The van der Waals surface area contributed by atoms with E-state index in [1.165, 1.54) is 13.8 Å². The third-order valence-electron chi connectivity index (χ3n) is 18.8. The predicted molar refractivity (Wildman–Crippen MR) is 443 cm³/mol. The summed E-state index contributed by atoms with van der Waals surface area (Å²) in [5.41, 5.74) is 10.7. The van der Waals surface area contributed by atoms with Crippen molar-refractivity contribution in [3.05, 3.63) is 173 Å². The molecule has 0 unspecified atom stereocenters. The number of fused-ring (bicyclic) bond motifs is 12. The lowest BCUT2D eigenvalue weighted by Crippen LogP contribution is -2.21. The van der Waals surface area contributed by atoms with E-state index in [-0.39, 0.29) is 78.2 Å². The van der Waals surface area contributed by atoms with Gasteiger partial charge in [0.15, 0.2) is 39.6 Å². The van der Waals surface area contributed by atoms with Crippen molar-refractivity contribution in [3.8, 4) is 46.6 Å². The molecule has 0 radical (unpaired) electrons. The van der Waals surface area contributed by atoms with E-state index in [2.05, 4.69) is 197 Å². The lowest BCUT2D eigenvalue weighted by atomic mass is 9.79. The van der Waals surface area contributed by atoms with E-state index >= 15 is 0 Å². The van der Waals surface area contributed by atoms with Crippen LogP contribution in [0, 0.1) is 22.7 Å². The van der Waals surface area contributed by atoms with E-state index in [4.69, 9.17) is 67.4 Å². The molecule has 1 aliphatic carbocycles. The summed E-state index contributed by atoms with van der Waals surface area (Å²) in [6, 6.07) is 28.7. The SMILES string of the molecule is CC#N.CC#N.CCOC(=O)COc1c2cc(C(C)(C)C)cc1Cc1cc(C(C)(C)C)cc(c1OCC(=O)OCC)Cc1cc(C(C)(C)C)cc(c1OCC(=O)OCC)Cc1cc(C(C)(C)C)cc(c1OCC(=O)OCC)Cc1cc(C(C)(C)C)cc(c1OCC(=O)OCC)Cc1cc(C(C)(C)C)cc(c1OCC(=O)OCC)C2. The maximum Gasteiger partial charge on any atom is 0.344 e. The van der Waals surface area contributed by atoms with Crippen LogP contribution in [0.1, 0.15) is 280 Å². The first-order chi connectivity index (χ1) is 53.3. The molecule has 0 heterocycles. The highest BCUT2D eigenvalue weighted by molar-refractivity contribution is 5.75. The molecule has 1 aliphatic rings. The summed E-state index contributed by atoms with van der Waals surface area (Å²) in [7, 11) is 0. The molecule has 0 spiro atoms. The molecule has 7 rings (SSSR count). The molecule has 0 saturated heterocycles. The van der Waals surface area contributed by atoms with E-state index in [1.54, 1.807) is 53.7 Å². The second-order valence-corrected chi connectivity index (χ2v) is 34.3. The Morgan fingerprint density at radius 1 is 0.246 bits per heavy atom. The van der Waals surface area contributed by atoms with E-state index in [1.807, 2.05) is 0 Å². The molecule has 6 aromatic rings. The molecule has 0 atom stereocenters. The monoisotopic (exact) mass is 1570 g/mol. The van der Waals surface area contributed by atoms with Gasteiger partial charge in [0.2, 0.25) is 0 Å². The van der Waals surface area contributed by atoms with Crippen LogP contribution in [0.5, 0.6) is 34.5 Å². The van der Waals surface area contributed by atoms with Crippen molar-refractivity contribution < 1.29 is 85.6 Å². The van der Waals surface area contributed by atoms with Gasteiger partial charge in [-0.15, -0.1) is 0 Å². The number of hydrogen-bond donors (Lipinski definition) is 0. The maximum atomic E-state index is 13.8. The molecule has 6 aromatic carbocycles. The van der Waals surface area contributed by atoms with Crippen LogP contribution in [0.15, 0.2) is 72.8 Å². The highest BCUT2D eigenvalue weighted by Gasteiger charge is 2.33. The number of carbonyl (C=O) groups excluding carboxylic acids is 6. The highest BCUT2D eigenvalue weighted by atomic mass is 16.6. The van der Waals surface area contributed by atoms with Gasteiger partial charge in [-0.3, -0.25) is 0 Å². The molecule has 0 amide bonds. The van der Waals surface area contributed by atoms with Crippen LogP contribution in [0.2, 0.25) is 0 Å². The normalized spacial score (nSPS) is 12.4. The van der Waals surface area contributed by atoms with E-state index in [9.17, 15) is 28.8 Å². The lowest BCUT2D eigenvalue weighted by Gasteiger charge is -2.29. The fraction of sp³-hybridized carbons (Fsp3) is 0.532.